The summed E-state index contributed by atoms with van der Waals surface area (Å²) in [6.45, 7) is 2.00. The number of benzene rings is 3. The fourth-order valence-electron chi connectivity index (χ4n) is 3.73. The minimum Gasteiger partial charge on any atom is -0.325 e. The number of hydrogen-bond acceptors (Lipinski definition) is 3. The van der Waals surface area contributed by atoms with E-state index in [1.807, 2.05) is 25.1 Å². The Bertz CT molecular complexity index is 1190. The first-order valence-electron chi connectivity index (χ1n) is 10.2. The van der Waals surface area contributed by atoms with Crippen molar-refractivity contribution >= 4 is 34.8 Å². The molecule has 0 radical (unpaired) electrons. The van der Waals surface area contributed by atoms with Gasteiger partial charge in [0, 0.05) is 18.7 Å². The molecule has 3 amide bonds. The first-order chi connectivity index (χ1) is 15.4. The monoisotopic (exact) mass is 431 g/mol. The van der Waals surface area contributed by atoms with Gasteiger partial charge in [0.15, 0.2) is 0 Å². The van der Waals surface area contributed by atoms with Crippen molar-refractivity contribution in [2.45, 2.75) is 13.3 Å². The van der Waals surface area contributed by atoms with Crippen molar-refractivity contribution in [3.8, 4) is 0 Å². The number of halogens is 1. The van der Waals surface area contributed by atoms with Crippen LogP contribution in [0.3, 0.4) is 0 Å². The Hall–Kier alpha value is -4.00. The van der Waals surface area contributed by atoms with Crippen molar-refractivity contribution in [1.82, 2.24) is 0 Å². The van der Waals surface area contributed by atoms with E-state index in [-0.39, 0.29) is 30.5 Å². The number of hydrogen-bond donors (Lipinski definition) is 2. The molecule has 1 atom stereocenters. The van der Waals surface area contributed by atoms with E-state index >= 15 is 0 Å². The Morgan fingerprint density at radius 3 is 2.50 bits per heavy atom. The van der Waals surface area contributed by atoms with Gasteiger partial charge in [-0.1, -0.05) is 36.4 Å². The lowest BCUT2D eigenvalue weighted by molar-refractivity contribution is -0.122. The van der Waals surface area contributed by atoms with Crippen LogP contribution in [0, 0.1) is 18.7 Å². The summed E-state index contributed by atoms with van der Waals surface area (Å²) in [6.07, 6.45) is -0.0299. The van der Waals surface area contributed by atoms with Gasteiger partial charge >= 0.3 is 0 Å². The molecule has 0 aliphatic carbocycles. The number of amides is 3. The molecule has 3 aromatic carbocycles. The average Bonchev–Trinajstić information content (AvgIpc) is 3.16. The number of carbonyl (C=O) groups excluding carboxylic acids is 3. The number of para-hydroxylation sites is 2. The van der Waals surface area contributed by atoms with Gasteiger partial charge in [0.25, 0.3) is 5.91 Å². The Morgan fingerprint density at radius 2 is 1.72 bits per heavy atom. The molecular formula is C25H22FN3O3. The number of rotatable bonds is 5. The summed E-state index contributed by atoms with van der Waals surface area (Å²) in [7, 11) is 0. The van der Waals surface area contributed by atoms with Crippen molar-refractivity contribution in [3.05, 3.63) is 89.7 Å². The van der Waals surface area contributed by atoms with Crippen LogP contribution in [0.4, 0.5) is 21.5 Å². The first-order valence-corrected chi connectivity index (χ1v) is 10.2. The van der Waals surface area contributed by atoms with E-state index < -0.39 is 17.6 Å². The number of carbonyl (C=O) groups is 3. The van der Waals surface area contributed by atoms with Crippen LogP contribution in [-0.2, 0) is 9.59 Å². The van der Waals surface area contributed by atoms with E-state index in [9.17, 15) is 18.8 Å². The summed E-state index contributed by atoms with van der Waals surface area (Å²) >= 11 is 0. The molecule has 6 nitrogen and oxygen atoms in total. The fraction of sp³-hybridized carbons (Fsp3) is 0.160. The van der Waals surface area contributed by atoms with E-state index in [2.05, 4.69) is 10.6 Å². The maximum absolute atomic E-state index is 14.1. The summed E-state index contributed by atoms with van der Waals surface area (Å²) < 4.78 is 14.1. The van der Waals surface area contributed by atoms with Crippen LogP contribution < -0.4 is 15.5 Å². The van der Waals surface area contributed by atoms with Crippen LogP contribution >= 0.6 is 0 Å². The molecule has 1 saturated heterocycles. The lowest BCUT2D eigenvalue weighted by Gasteiger charge is -2.17. The third kappa shape index (κ3) is 4.51. The Morgan fingerprint density at radius 1 is 0.969 bits per heavy atom. The number of aryl methyl sites for hydroxylation is 1. The SMILES string of the molecule is Cc1cccc(NC(=O)c2ccccc2NC(=O)[C@H]2CC(=O)N(c3ccccc3F)C2)c1. The highest BCUT2D eigenvalue weighted by Crippen LogP contribution is 2.28. The minimum atomic E-state index is -0.657. The Kier molecular flexibility index (Phi) is 5.98. The number of anilines is 3. The van der Waals surface area contributed by atoms with Crippen molar-refractivity contribution in [3.63, 3.8) is 0 Å². The number of nitrogens with zero attached hydrogens (tertiary/aromatic N) is 1. The molecule has 3 aromatic rings. The highest BCUT2D eigenvalue weighted by Gasteiger charge is 2.36. The summed E-state index contributed by atoms with van der Waals surface area (Å²) in [5, 5.41) is 5.60. The van der Waals surface area contributed by atoms with Gasteiger partial charge in [-0.3, -0.25) is 14.4 Å². The van der Waals surface area contributed by atoms with Gasteiger partial charge in [0.05, 0.1) is 22.9 Å². The van der Waals surface area contributed by atoms with Gasteiger partial charge in [-0.05, 0) is 48.9 Å². The fourth-order valence-corrected chi connectivity index (χ4v) is 3.73. The zero-order valence-corrected chi connectivity index (χ0v) is 17.5. The van der Waals surface area contributed by atoms with Crippen molar-refractivity contribution < 1.29 is 18.8 Å². The molecule has 1 aliphatic heterocycles. The molecular weight excluding hydrogens is 409 g/mol. The van der Waals surface area contributed by atoms with Gasteiger partial charge < -0.3 is 15.5 Å². The molecule has 32 heavy (non-hydrogen) atoms. The number of nitrogens with one attached hydrogen (secondary N) is 2. The van der Waals surface area contributed by atoms with Crippen molar-refractivity contribution in [1.29, 1.82) is 0 Å². The minimum absolute atomic E-state index is 0.0299. The van der Waals surface area contributed by atoms with E-state index in [0.717, 1.165) is 5.56 Å². The smallest absolute Gasteiger partial charge is 0.257 e. The third-order valence-corrected chi connectivity index (χ3v) is 5.34. The van der Waals surface area contributed by atoms with Gasteiger partial charge in [-0.2, -0.15) is 0 Å². The predicted molar refractivity (Wildman–Crippen MR) is 121 cm³/mol. The van der Waals surface area contributed by atoms with Crippen LogP contribution in [0.25, 0.3) is 0 Å². The third-order valence-electron chi connectivity index (χ3n) is 5.34. The van der Waals surface area contributed by atoms with Gasteiger partial charge in [0.1, 0.15) is 5.82 Å². The van der Waals surface area contributed by atoms with E-state index in [1.54, 1.807) is 42.5 Å². The predicted octanol–water partition coefficient (Wildman–Crippen LogP) is 4.38. The Balaban J connectivity index is 1.48. The normalized spacial score (nSPS) is 15.5. The molecule has 0 unspecified atom stereocenters. The van der Waals surface area contributed by atoms with E-state index in [1.165, 1.54) is 17.0 Å². The molecule has 0 saturated carbocycles. The molecule has 0 spiro atoms. The van der Waals surface area contributed by atoms with E-state index in [0.29, 0.717) is 16.9 Å². The van der Waals surface area contributed by atoms with Crippen LogP contribution in [0.5, 0.6) is 0 Å². The first kappa shape index (κ1) is 21.2. The van der Waals surface area contributed by atoms with Gasteiger partial charge in [-0.25, -0.2) is 4.39 Å². The standard InChI is InChI=1S/C25H22FN3O3/c1-16-7-6-8-18(13-16)27-25(32)19-9-2-4-11-21(19)28-24(31)17-14-23(30)29(15-17)22-12-5-3-10-20(22)26/h2-13,17H,14-15H2,1H3,(H,27,32)(H,28,31)/t17-/m0/s1. The highest BCUT2D eigenvalue weighted by atomic mass is 19.1. The maximum atomic E-state index is 14.1. The highest BCUT2D eigenvalue weighted by molar-refractivity contribution is 6.11. The largest absolute Gasteiger partial charge is 0.325 e. The average molecular weight is 431 g/mol. The van der Waals surface area contributed by atoms with Crippen LogP contribution in [-0.4, -0.2) is 24.3 Å². The second-order valence-corrected chi connectivity index (χ2v) is 7.72. The molecule has 2 N–H and O–H groups in total. The van der Waals surface area contributed by atoms with E-state index in [4.69, 9.17) is 0 Å². The summed E-state index contributed by atoms with van der Waals surface area (Å²) in [5.41, 5.74) is 2.47. The molecule has 0 bridgehead atoms. The molecule has 4 rings (SSSR count). The summed E-state index contributed by atoms with van der Waals surface area (Å²) in [5.74, 6) is -2.24. The molecule has 1 heterocycles. The van der Waals surface area contributed by atoms with Gasteiger partial charge in [0.2, 0.25) is 11.8 Å². The van der Waals surface area contributed by atoms with Gasteiger partial charge in [-0.15, -0.1) is 0 Å². The van der Waals surface area contributed by atoms with Crippen LogP contribution in [0.2, 0.25) is 0 Å². The van der Waals surface area contributed by atoms with Crippen LogP contribution in [0.15, 0.2) is 72.8 Å². The molecule has 1 aliphatic rings. The molecule has 162 valence electrons. The second kappa shape index (κ2) is 9.01. The summed E-state index contributed by atoms with van der Waals surface area (Å²) in [6, 6.07) is 20.1. The van der Waals surface area contributed by atoms with Crippen molar-refractivity contribution in [2.75, 3.05) is 22.1 Å². The molecule has 1 fully saturated rings. The van der Waals surface area contributed by atoms with Crippen molar-refractivity contribution in [2.24, 2.45) is 5.92 Å². The zero-order chi connectivity index (χ0) is 22.7. The molecule has 0 aromatic heterocycles. The zero-order valence-electron chi connectivity index (χ0n) is 17.5. The second-order valence-electron chi connectivity index (χ2n) is 7.72. The topological polar surface area (TPSA) is 78.5 Å². The maximum Gasteiger partial charge on any atom is 0.257 e. The molecule has 7 heteroatoms. The Labute approximate surface area is 185 Å². The summed E-state index contributed by atoms with van der Waals surface area (Å²) in [4.78, 5) is 39.4. The lowest BCUT2D eigenvalue weighted by atomic mass is 10.1. The van der Waals surface area contributed by atoms with Crippen LogP contribution in [0.1, 0.15) is 22.3 Å². The quantitative estimate of drug-likeness (QED) is 0.629. The lowest BCUT2D eigenvalue weighted by Crippen LogP contribution is -2.29.